The number of amides is 2. The molecule has 4 aromatic rings. The zero-order chi connectivity index (χ0) is 36.8. The van der Waals surface area contributed by atoms with E-state index in [1.54, 1.807) is 31.2 Å². The molecule has 0 unspecified atom stereocenters. The van der Waals surface area contributed by atoms with E-state index in [0.29, 0.717) is 34.7 Å². The molecule has 52 heavy (non-hydrogen) atoms. The van der Waals surface area contributed by atoms with Gasteiger partial charge in [-0.05, 0) is 98.6 Å². The minimum atomic E-state index is -4.23. The zero-order valence-corrected chi connectivity index (χ0v) is 31.4. The molecule has 274 valence electrons. The highest BCUT2D eigenvalue weighted by Gasteiger charge is 2.30. The molecular weight excluding hydrogens is 699 g/mol. The number of nitrogens with one attached hydrogen (secondary N) is 2. The fourth-order valence-electron chi connectivity index (χ4n) is 6.58. The number of nitrogens with zero attached hydrogens (tertiary/aromatic N) is 3. The maximum Gasteiger partial charge on any atom is 0.337 e. The van der Waals surface area contributed by atoms with Crippen molar-refractivity contribution in [3.8, 4) is 10.4 Å². The first kappa shape index (κ1) is 37.2. The van der Waals surface area contributed by atoms with Crippen LogP contribution < -0.4 is 10.0 Å². The van der Waals surface area contributed by atoms with E-state index >= 15 is 0 Å². The van der Waals surface area contributed by atoms with Gasteiger partial charge in [0.05, 0.1) is 22.4 Å². The number of hydrogen-bond acceptors (Lipinski definition) is 9. The number of benzene rings is 3. The highest BCUT2D eigenvalue weighted by atomic mass is 32.2. The minimum absolute atomic E-state index is 0.0279. The molecule has 0 saturated carbocycles. The summed E-state index contributed by atoms with van der Waals surface area (Å²) in [5, 5.41) is 2.98. The van der Waals surface area contributed by atoms with Crippen LogP contribution in [0.3, 0.4) is 0 Å². The lowest BCUT2D eigenvalue weighted by Crippen LogP contribution is -2.47. The molecule has 0 spiro atoms. The Balaban J connectivity index is 1.25. The Labute approximate surface area is 309 Å². The second-order valence-corrected chi connectivity index (χ2v) is 16.0. The van der Waals surface area contributed by atoms with E-state index in [-0.39, 0.29) is 39.4 Å². The number of piperazine rings is 1. The summed E-state index contributed by atoms with van der Waals surface area (Å²) in [4.78, 5) is 45.9. The number of methoxy groups -OCH3 is 1. The van der Waals surface area contributed by atoms with Crippen molar-refractivity contribution in [3.05, 3.63) is 105 Å². The number of rotatable bonds is 11. The van der Waals surface area contributed by atoms with E-state index in [4.69, 9.17) is 4.74 Å². The molecule has 6 rings (SSSR count). The van der Waals surface area contributed by atoms with Gasteiger partial charge in [-0.15, -0.1) is 11.3 Å². The quantitative estimate of drug-likeness (QED) is 0.190. The lowest BCUT2D eigenvalue weighted by molar-refractivity contribution is 0.0599. The van der Waals surface area contributed by atoms with Crippen molar-refractivity contribution in [2.75, 3.05) is 58.1 Å². The fraction of sp³-hybridized carbons (Fsp3) is 0.359. The molecule has 1 aromatic heterocycles. The third-order valence-electron chi connectivity index (χ3n) is 9.64. The second-order valence-electron chi connectivity index (χ2n) is 13.4. The largest absolute Gasteiger partial charge is 0.465 e. The molecule has 2 N–H and O–H groups in total. The smallest absolute Gasteiger partial charge is 0.337 e. The first-order valence-electron chi connectivity index (χ1n) is 17.5. The van der Waals surface area contributed by atoms with Gasteiger partial charge in [-0.3, -0.25) is 19.2 Å². The predicted molar refractivity (Wildman–Crippen MR) is 203 cm³/mol. The molecule has 11 nitrogen and oxygen atoms in total. The number of likely N-dealkylation sites (tertiary alicyclic amines) is 1. The molecule has 0 radical (unpaired) electrons. The SMILES string of the molecule is COC(=O)c1ccc(NS(=O)(=O)c2c(-c3ccc(C(=O)N4CCN(C)CC4)cc3)sc(C(=O)NCc3ccc(CN4CCCCC4)cc3)c2C)cc1. The molecule has 2 aliphatic heterocycles. The third kappa shape index (κ3) is 8.72. The van der Waals surface area contributed by atoms with Gasteiger partial charge < -0.3 is 19.9 Å². The molecule has 2 amide bonds. The molecule has 0 atom stereocenters. The Morgan fingerprint density at radius 3 is 2.04 bits per heavy atom. The Hall–Kier alpha value is -4.56. The van der Waals surface area contributed by atoms with Crippen molar-refractivity contribution in [1.82, 2.24) is 20.0 Å². The van der Waals surface area contributed by atoms with Crippen molar-refractivity contribution in [2.24, 2.45) is 0 Å². The van der Waals surface area contributed by atoms with Gasteiger partial charge in [0.1, 0.15) is 4.90 Å². The van der Waals surface area contributed by atoms with Gasteiger partial charge in [-0.2, -0.15) is 0 Å². The first-order chi connectivity index (χ1) is 25.0. The number of anilines is 1. The van der Waals surface area contributed by atoms with E-state index < -0.39 is 16.0 Å². The van der Waals surface area contributed by atoms with Gasteiger partial charge in [0.15, 0.2) is 0 Å². The first-order valence-corrected chi connectivity index (χ1v) is 19.8. The highest BCUT2D eigenvalue weighted by molar-refractivity contribution is 7.93. The predicted octanol–water partition coefficient (Wildman–Crippen LogP) is 5.61. The van der Waals surface area contributed by atoms with Crippen LogP contribution in [-0.4, -0.2) is 94.3 Å². The zero-order valence-electron chi connectivity index (χ0n) is 29.8. The topological polar surface area (TPSA) is 128 Å². The van der Waals surface area contributed by atoms with E-state index in [9.17, 15) is 22.8 Å². The summed E-state index contributed by atoms with van der Waals surface area (Å²) in [5.74, 6) is -0.998. The molecule has 2 fully saturated rings. The number of likely N-dealkylation sites (N-methyl/N-ethyl adjacent to an activating group) is 1. The van der Waals surface area contributed by atoms with Crippen LogP contribution in [-0.2, 0) is 27.8 Å². The summed E-state index contributed by atoms with van der Waals surface area (Å²) >= 11 is 1.09. The Bertz CT molecular complexity index is 2000. The molecular formula is C39H45N5O6S2. The number of hydrogen-bond donors (Lipinski definition) is 2. The number of ether oxygens (including phenoxy) is 1. The molecule has 3 heterocycles. The van der Waals surface area contributed by atoms with Crippen molar-refractivity contribution in [2.45, 2.75) is 44.2 Å². The van der Waals surface area contributed by atoms with Crippen LogP contribution in [0.15, 0.2) is 77.7 Å². The van der Waals surface area contributed by atoms with Crippen LogP contribution in [0.2, 0.25) is 0 Å². The third-order valence-corrected chi connectivity index (χ3v) is 12.7. The minimum Gasteiger partial charge on any atom is -0.465 e. The van der Waals surface area contributed by atoms with Crippen LogP contribution in [0, 0.1) is 6.92 Å². The lowest BCUT2D eigenvalue weighted by Gasteiger charge is -2.32. The van der Waals surface area contributed by atoms with E-state index in [1.807, 2.05) is 24.1 Å². The Kier molecular flexibility index (Phi) is 11.7. The molecule has 0 aliphatic carbocycles. The number of carbonyl (C=O) groups excluding carboxylic acids is 3. The Morgan fingerprint density at radius 2 is 1.40 bits per heavy atom. The molecule has 0 bridgehead atoms. The average molecular weight is 744 g/mol. The Morgan fingerprint density at radius 1 is 0.788 bits per heavy atom. The van der Waals surface area contributed by atoms with Gasteiger partial charge in [-0.25, -0.2) is 13.2 Å². The van der Waals surface area contributed by atoms with E-state index in [2.05, 4.69) is 32.0 Å². The molecule has 2 saturated heterocycles. The molecule has 13 heteroatoms. The van der Waals surface area contributed by atoms with E-state index in [0.717, 1.165) is 49.6 Å². The standard InChI is InChI=1S/C39H45N5O6S2/c1-27-34(37(45)40-25-28-7-9-29(10-8-28)26-43-19-5-4-6-20-43)51-35(30-11-13-31(14-12-30)38(46)44-23-21-42(2)22-24-44)36(27)52(48,49)41-33-17-15-32(16-18-33)39(47)50-3/h7-18,41H,4-6,19-26H2,1-3H3,(H,40,45). The molecule has 2 aliphatic rings. The summed E-state index contributed by atoms with van der Waals surface area (Å²) < 4.78 is 35.6. The van der Waals surface area contributed by atoms with Gasteiger partial charge in [0, 0.05) is 50.5 Å². The van der Waals surface area contributed by atoms with Crippen LogP contribution in [0.5, 0.6) is 0 Å². The number of thiophene rings is 1. The lowest BCUT2D eigenvalue weighted by atomic mass is 10.1. The van der Waals surface area contributed by atoms with E-state index in [1.165, 1.54) is 56.2 Å². The van der Waals surface area contributed by atoms with Gasteiger partial charge in [0.25, 0.3) is 21.8 Å². The van der Waals surface area contributed by atoms with Crippen molar-refractivity contribution in [3.63, 3.8) is 0 Å². The second kappa shape index (κ2) is 16.4. The number of carbonyl (C=O) groups is 3. The average Bonchev–Trinajstić information content (AvgIpc) is 3.52. The summed E-state index contributed by atoms with van der Waals surface area (Å²) in [5.41, 5.74) is 4.07. The van der Waals surface area contributed by atoms with Crippen LogP contribution >= 0.6 is 11.3 Å². The molecule has 3 aromatic carbocycles. The summed E-state index contributed by atoms with van der Waals surface area (Å²) in [7, 11) is -0.926. The van der Waals surface area contributed by atoms with Gasteiger partial charge in [-0.1, -0.05) is 42.8 Å². The number of sulfonamides is 1. The maximum atomic E-state index is 14.1. The monoisotopic (exact) mass is 743 g/mol. The summed E-state index contributed by atoms with van der Waals surface area (Å²) in [6.07, 6.45) is 3.76. The normalized spacial score (nSPS) is 15.6. The van der Waals surface area contributed by atoms with Crippen LogP contribution in [0.1, 0.15) is 66.3 Å². The van der Waals surface area contributed by atoms with Crippen LogP contribution in [0.4, 0.5) is 5.69 Å². The number of esters is 1. The van der Waals surface area contributed by atoms with Gasteiger partial charge >= 0.3 is 5.97 Å². The summed E-state index contributed by atoms with van der Waals surface area (Å²) in [6.45, 7) is 7.93. The number of piperidine rings is 1. The summed E-state index contributed by atoms with van der Waals surface area (Å²) in [6, 6.07) is 21.0. The van der Waals surface area contributed by atoms with Crippen LogP contribution in [0.25, 0.3) is 10.4 Å². The van der Waals surface area contributed by atoms with Crippen molar-refractivity contribution in [1.29, 1.82) is 0 Å². The highest BCUT2D eigenvalue weighted by Crippen LogP contribution is 2.40. The fourth-order valence-corrected chi connectivity index (χ4v) is 9.64. The van der Waals surface area contributed by atoms with Gasteiger partial charge in [0.2, 0.25) is 0 Å². The maximum absolute atomic E-state index is 14.1. The van der Waals surface area contributed by atoms with Crippen molar-refractivity contribution < 1.29 is 27.5 Å². The van der Waals surface area contributed by atoms with Crippen molar-refractivity contribution >= 4 is 44.8 Å².